The monoisotopic (exact) mass is 328 g/mol. The largest absolute Gasteiger partial charge is 1.00 e. The number of rotatable bonds is 2. The van der Waals surface area contributed by atoms with E-state index < -0.39 is 22.8 Å². The molecule has 1 aromatic heterocycles. The summed E-state index contributed by atoms with van der Waals surface area (Å²) in [6.45, 7) is 1.66. The minimum atomic E-state index is -4.37. The van der Waals surface area contributed by atoms with Gasteiger partial charge in [-0.1, -0.05) is 12.1 Å². The molecule has 0 fully saturated rings. The molecule has 0 saturated heterocycles. The van der Waals surface area contributed by atoms with E-state index in [4.69, 9.17) is 0 Å². The van der Waals surface area contributed by atoms with Crippen LogP contribution in [0.25, 0.3) is 10.4 Å². The molecule has 0 spiro atoms. The number of alkyl halides is 3. The first-order chi connectivity index (χ1) is 8.79. The first-order valence-electron chi connectivity index (χ1n) is 5.16. The SMILES string of the molecule is Cc1sc(-c2ccc(C(F)(F)F)cc2)cc1S(=O)[O-].[Na+]. The summed E-state index contributed by atoms with van der Waals surface area (Å²) >= 11 is -1.10. The second-order valence-corrected chi connectivity index (χ2v) is 6.01. The van der Waals surface area contributed by atoms with Crippen molar-refractivity contribution in [1.29, 1.82) is 0 Å². The number of thiophene rings is 1. The van der Waals surface area contributed by atoms with Gasteiger partial charge < -0.3 is 4.55 Å². The van der Waals surface area contributed by atoms with E-state index in [9.17, 15) is 21.9 Å². The molecule has 0 radical (unpaired) electrons. The molecule has 20 heavy (non-hydrogen) atoms. The summed E-state index contributed by atoms with van der Waals surface area (Å²) in [6.07, 6.45) is -4.37. The molecule has 2 aromatic rings. The Morgan fingerprint density at radius 1 is 1.20 bits per heavy atom. The number of aryl methyl sites for hydroxylation is 1. The Bertz CT molecular complexity index is 621. The van der Waals surface area contributed by atoms with Crippen LogP contribution in [0.5, 0.6) is 0 Å². The maximum Gasteiger partial charge on any atom is 1.00 e. The zero-order valence-electron chi connectivity index (χ0n) is 10.7. The topological polar surface area (TPSA) is 40.1 Å². The summed E-state index contributed by atoms with van der Waals surface area (Å²) < 4.78 is 59.1. The molecule has 1 heterocycles. The van der Waals surface area contributed by atoms with Gasteiger partial charge in [-0.15, -0.1) is 11.3 Å². The minimum absolute atomic E-state index is 0. The quantitative estimate of drug-likeness (QED) is 0.609. The van der Waals surface area contributed by atoms with Crippen LogP contribution in [-0.4, -0.2) is 8.76 Å². The van der Waals surface area contributed by atoms with Gasteiger partial charge in [0.2, 0.25) is 0 Å². The van der Waals surface area contributed by atoms with Crippen molar-refractivity contribution in [3.63, 3.8) is 0 Å². The van der Waals surface area contributed by atoms with Crippen molar-refractivity contribution in [2.45, 2.75) is 18.0 Å². The average molecular weight is 328 g/mol. The van der Waals surface area contributed by atoms with Crippen LogP contribution in [0.15, 0.2) is 35.2 Å². The molecule has 1 atom stereocenters. The average Bonchev–Trinajstić information content (AvgIpc) is 2.70. The van der Waals surface area contributed by atoms with Crippen LogP contribution in [0.4, 0.5) is 13.2 Å². The molecular formula is C12H8F3NaO2S2. The Morgan fingerprint density at radius 3 is 2.15 bits per heavy atom. The van der Waals surface area contributed by atoms with Gasteiger partial charge in [0.05, 0.1) is 5.56 Å². The normalized spacial score (nSPS) is 12.8. The Hall–Kier alpha value is -0.180. The predicted molar refractivity (Wildman–Crippen MR) is 66.7 cm³/mol. The smallest absolute Gasteiger partial charge is 0.768 e. The molecule has 0 amide bonds. The first kappa shape index (κ1) is 17.9. The molecule has 1 unspecified atom stereocenters. The third-order valence-electron chi connectivity index (χ3n) is 2.55. The van der Waals surface area contributed by atoms with Gasteiger partial charge in [-0.25, -0.2) is 0 Å². The molecule has 2 rings (SSSR count). The molecule has 1 aromatic carbocycles. The van der Waals surface area contributed by atoms with Crippen molar-refractivity contribution >= 4 is 22.4 Å². The van der Waals surface area contributed by atoms with Crippen LogP contribution in [0.1, 0.15) is 10.4 Å². The van der Waals surface area contributed by atoms with Gasteiger partial charge >= 0.3 is 35.7 Å². The second-order valence-electron chi connectivity index (χ2n) is 3.84. The first-order valence-corrected chi connectivity index (χ1v) is 7.05. The van der Waals surface area contributed by atoms with Gasteiger partial charge in [0.25, 0.3) is 0 Å². The summed E-state index contributed by atoms with van der Waals surface area (Å²) in [5.74, 6) is 0. The van der Waals surface area contributed by atoms with Gasteiger partial charge in [0.1, 0.15) is 0 Å². The van der Waals surface area contributed by atoms with E-state index in [1.807, 2.05) is 0 Å². The van der Waals surface area contributed by atoms with E-state index >= 15 is 0 Å². The second kappa shape index (κ2) is 6.72. The van der Waals surface area contributed by atoms with Crippen molar-refractivity contribution in [1.82, 2.24) is 0 Å². The van der Waals surface area contributed by atoms with Crippen LogP contribution in [0, 0.1) is 6.92 Å². The van der Waals surface area contributed by atoms with Crippen LogP contribution in [0.2, 0.25) is 0 Å². The third-order valence-corrected chi connectivity index (χ3v) is 4.56. The maximum absolute atomic E-state index is 12.4. The Morgan fingerprint density at radius 2 is 1.75 bits per heavy atom. The standard InChI is InChI=1S/C12H9F3O2S2.Na/c1-7-11(19(16)17)6-10(18-7)8-2-4-9(5-3-8)12(13,14)15;/h2-6H,1H3,(H,16,17);/q;+1/p-1. The van der Waals surface area contributed by atoms with Crippen LogP contribution < -0.4 is 29.6 Å². The summed E-state index contributed by atoms with van der Waals surface area (Å²) in [7, 11) is 0. The van der Waals surface area contributed by atoms with Gasteiger partial charge in [0.15, 0.2) is 0 Å². The predicted octanol–water partition coefficient (Wildman–Crippen LogP) is 0.984. The zero-order chi connectivity index (χ0) is 14.2. The summed E-state index contributed by atoms with van der Waals surface area (Å²) in [4.78, 5) is 1.42. The van der Waals surface area contributed by atoms with Gasteiger partial charge in [-0.2, -0.15) is 13.2 Å². The summed E-state index contributed by atoms with van der Waals surface area (Å²) in [5.41, 5.74) is -0.157. The number of hydrogen-bond acceptors (Lipinski definition) is 3. The molecule has 0 saturated carbocycles. The minimum Gasteiger partial charge on any atom is -0.768 e. The fourth-order valence-electron chi connectivity index (χ4n) is 1.60. The Balaban J connectivity index is 0.00000200. The molecule has 0 N–H and O–H groups in total. The van der Waals surface area contributed by atoms with Gasteiger partial charge in [-0.3, -0.25) is 4.21 Å². The summed E-state index contributed by atoms with van der Waals surface area (Å²) in [6, 6.07) is 6.11. The van der Waals surface area contributed by atoms with E-state index in [-0.39, 0.29) is 34.5 Å². The fraction of sp³-hybridized carbons (Fsp3) is 0.167. The third kappa shape index (κ3) is 3.93. The van der Waals surface area contributed by atoms with Gasteiger partial charge in [0, 0.05) is 14.6 Å². The van der Waals surface area contributed by atoms with Crippen LogP contribution >= 0.6 is 11.3 Å². The number of benzene rings is 1. The number of halogens is 3. The van der Waals surface area contributed by atoms with Gasteiger partial charge in [-0.05, 0) is 41.8 Å². The van der Waals surface area contributed by atoms with Crippen molar-refractivity contribution in [3.05, 3.63) is 40.8 Å². The van der Waals surface area contributed by atoms with E-state index in [0.29, 0.717) is 15.3 Å². The number of hydrogen-bond donors (Lipinski definition) is 0. The maximum atomic E-state index is 12.4. The summed E-state index contributed by atoms with van der Waals surface area (Å²) in [5, 5.41) is 0. The Labute approximate surface area is 142 Å². The molecule has 0 aliphatic rings. The van der Waals surface area contributed by atoms with Crippen LogP contribution in [0.3, 0.4) is 0 Å². The van der Waals surface area contributed by atoms with E-state index in [2.05, 4.69) is 0 Å². The Kier molecular flexibility index (Phi) is 6.01. The fourth-order valence-corrected chi connectivity index (χ4v) is 3.37. The van der Waals surface area contributed by atoms with Crippen molar-refractivity contribution in [2.24, 2.45) is 0 Å². The molecule has 0 aliphatic carbocycles. The molecule has 102 valence electrons. The van der Waals surface area contributed by atoms with Crippen molar-refractivity contribution < 1.29 is 51.5 Å². The van der Waals surface area contributed by atoms with E-state index in [1.54, 1.807) is 6.92 Å². The molecule has 8 heteroatoms. The molecule has 0 bridgehead atoms. The van der Waals surface area contributed by atoms with Crippen molar-refractivity contribution in [3.8, 4) is 10.4 Å². The van der Waals surface area contributed by atoms with E-state index in [0.717, 1.165) is 12.1 Å². The molecular weight excluding hydrogens is 320 g/mol. The van der Waals surface area contributed by atoms with Crippen molar-refractivity contribution in [2.75, 3.05) is 0 Å². The van der Waals surface area contributed by atoms with E-state index in [1.165, 1.54) is 29.5 Å². The zero-order valence-corrected chi connectivity index (χ0v) is 14.3. The molecule has 2 nitrogen and oxygen atoms in total. The van der Waals surface area contributed by atoms with Crippen LogP contribution in [-0.2, 0) is 17.3 Å². The molecule has 0 aliphatic heterocycles.